The minimum atomic E-state index is 0.224. The predicted molar refractivity (Wildman–Crippen MR) is 122 cm³/mol. The fraction of sp³-hybridized carbons (Fsp3) is 0.458. The van der Waals surface area contributed by atoms with E-state index in [4.69, 9.17) is 0 Å². The van der Waals surface area contributed by atoms with Gasteiger partial charge in [-0.1, -0.05) is 18.2 Å². The van der Waals surface area contributed by atoms with Crippen molar-refractivity contribution in [2.24, 2.45) is 7.05 Å². The van der Waals surface area contributed by atoms with Crippen LogP contribution in [0.15, 0.2) is 36.5 Å². The van der Waals surface area contributed by atoms with Gasteiger partial charge in [-0.15, -0.1) is 0 Å². The summed E-state index contributed by atoms with van der Waals surface area (Å²) in [4.78, 5) is 24.4. The first-order valence-electron chi connectivity index (χ1n) is 11.2. The number of aromatic nitrogens is 3. The Labute approximate surface area is 183 Å². The van der Waals surface area contributed by atoms with E-state index in [0.717, 1.165) is 74.5 Å². The van der Waals surface area contributed by atoms with Crippen molar-refractivity contribution < 1.29 is 4.79 Å². The molecule has 0 bridgehead atoms. The first kappa shape index (κ1) is 20.2. The number of fused-ring (bicyclic) bond motifs is 2. The highest BCUT2D eigenvalue weighted by molar-refractivity contribution is 5.96. The summed E-state index contributed by atoms with van der Waals surface area (Å²) in [5, 5.41) is 5.60. The van der Waals surface area contributed by atoms with E-state index in [9.17, 15) is 4.79 Å². The predicted octanol–water partition coefficient (Wildman–Crippen LogP) is 2.37. The Kier molecular flexibility index (Phi) is 5.46. The molecule has 0 N–H and O–H groups in total. The smallest absolute Gasteiger partial charge is 0.241 e. The molecule has 0 aliphatic carbocycles. The van der Waals surface area contributed by atoms with Gasteiger partial charge >= 0.3 is 0 Å². The monoisotopic (exact) mass is 418 g/mol. The van der Waals surface area contributed by atoms with E-state index in [-0.39, 0.29) is 5.91 Å². The highest BCUT2D eigenvalue weighted by Gasteiger charge is 2.25. The van der Waals surface area contributed by atoms with Gasteiger partial charge in [0.25, 0.3) is 0 Å². The van der Waals surface area contributed by atoms with Gasteiger partial charge in [0.05, 0.1) is 12.2 Å². The molecule has 2 aromatic heterocycles. The van der Waals surface area contributed by atoms with Crippen molar-refractivity contribution in [1.29, 1.82) is 0 Å². The van der Waals surface area contributed by atoms with Crippen LogP contribution in [-0.4, -0.2) is 69.7 Å². The Morgan fingerprint density at radius 2 is 1.84 bits per heavy atom. The lowest BCUT2D eigenvalue weighted by Gasteiger charge is -2.36. The average Bonchev–Trinajstić information content (AvgIpc) is 3.07. The van der Waals surface area contributed by atoms with Crippen molar-refractivity contribution in [3.05, 3.63) is 53.3 Å². The quantitative estimate of drug-likeness (QED) is 0.651. The molecule has 31 heavy (non-hydrogen) atoms. The Bertz CT molecular complexity index is 1100. The first-order chi connectivity index (χ1) is 15.1. The Hall–Kier alpha value is -2.77. The number of piperazine rings is 1. The largest absolute Gasteiger partial charge is 0.311 e. The van der Waals surface area contributed by atoms with Gasteiger partial charge < -0.3 is 4.90 Å². The molecule has 2 aliphatic rings. The summed E-state index contributed by atoms with van der Waals surface area (Å²) >= 11 is 0. The summed E-state index contributed by atoms with van der Waals surface area (Å²) in [6.45, 7) is 8.03. The molecule has 0 radical (unpaired) electrons. The lowest BCUT2D eigenvalue weighted by Crippen LogP contribution is -2.50. The summed E-state index contributed by atoms with van der Waals surface area (Å²) in [7, 11) is 1.94. The molecule has 5 rings (SSSR count). The number of carbonyl (C=O) groups excluding carboxylic acids is 1. The molecule has 0 spiro atoms. The SMILES string of the molecule is Cc1nn(C)c2ncc(CN3CCN(CC(=O)N4CCCc5ccccc54)CC3)cc12. The molecule has 1 saturated heterocycles. The minimum absolute atomic E-state index is 0.224. The van der Waals surface area contributed by atoms with Gasteiger partial charge in [0.2, 0.25) is 5.91 Å². The lowest BCUT2D eigenvalue weighted by atomic mass is 10.0. The lowest BCUT2D eigenvalue weighted by molar-refractivity contribution is -0.120. The van der Waals surface area contributed by atoms with E-state index >= 15 is 0 Å². The molecule has 0 unspecified atom stereocenters. The van der Waals surface area contributed by atoms with Gasteiger partial charge in [-0.3, -0.25) is 19.3 Å². The number of aryl methyl sites for hydroxylation is 3. The Morgan fingerprint density at radius 1 is 1.06 bits per heavy atom. The van der Waals surface area contributed by atoms with Gasteiger partial charge in [0.15, 0.2) is 5.65 Å². The molecule has 162 valence electrons. The van der Waals surface area contributed by atoms with Crippen LogP contribution in [0.2, 0.25) is 0 Å². The molecule has 7 nitrogen and oxygen atoms in total. The highest BCUT2D eigenvalue weighted by atomic mass is 16.2. The standard InChI is InChI=1S/C24H30N6O/c1-18-21-14-19(15-25-24(21)27(2)26-18)16-28-10-12-29(13-11-28)17-23(31)30-9-5-7-20-6-3-4-8-22(20)30/h3-4,6,8,14-15H,5,7,9-13,16-17H2,1-2H3. The zero-order chi connectivity index (χ0) is 21.4. The molecule has 2 aliphatic heterocycles. The van der Waals surface area contributed by atoms with Crippen LogP contribution in [0.5, 0.6) is 0 Å². The number of amides is 1. The number of hydrogen-bond donors (Lipinski definition) is 0. The molecule has 0 saturated carbocycles. The molecule has 1 amide bonds. The summed E-state index contributed by atoms with van der Waals surface area (Å²) in [6.07, 6.45) is 4.08. The van der Waals surface area contributed by atoms with Crippen molar-refractivity contribution in [2.75, 3.05) is 44.2 Å². The van der Waals surface area contributed by atoms with Crippen LogP contribution in [0, 0.1) is 6.92 Å². The number of anilines is 1. The fourth-order valence-corrected chi connectivity index (χ4v) is 4.87. The number of para-hydroxylation sites is 1. The van der Waals surface area contributed by atoms with Gasteiger partial charge in [-0.2, -0.15) is 5.10 Å². The molecular weight excluding hydrogens is 388 g/mol. The number of rotatable bonds is 4. The van der Waals surface area contributed by atoms with Gasteiger partial charge in [-0.25, -0.2) is 4.98 Å². The maximum atomic E-state index is 13.0. The Morgan fingerprint density at radius 3 is 2.68 bits per heavy atom. The third kappa shape index (κ3) is 4.07. The van der Waals surface area contributed by atoms with Crippen molar-refractivity contribution >= 4 is 22.6 Å². The topological polar surface area (TPSA) is 57.5 Å². The number of benzene rings is 1. The summed E-state index contributed by atoms with van der Waals surface area (Å²) < 4.78 is 1.84. The zero-order valence-corrected chi connectivity index (χ0v) is 18.4. The maximum absolute atomic E-state index is 13.0. The highest BCUT2D eigenvalue weighted by Crippen LogP contribution is 2.27. The zero-order valence-electron chi connectivity index (χ0n) is 18.4. The third-order valence-electron chi connectivity index (χ3n) is 6.56. The number of nitrogens with zero attached hydrogens (tertiary/aromatic N) is 6. The summed E-state index contributed by atoms with van der Waals surface area (Å²) in [5.74, 6) is 0.224. The molecule has 1 aromatic carbocycles. The van der Waals surface area contributed by atoms with Gasteiger partial charge in [0, 0.05) is 63.6 Å². The van der Waals surface area contributed by atoms with Crippen molar-refractivity contribution in [3.63, 3.8) is 0 Å². The average molecular weight is 419 g/mol. The third-order valence-corrected chi connectivity index (χ3v) is 6.56. The first-order valence-corrected chi connectivity index (χ1v) is 11.2. The van der Waals surface area contributed by atoms with Crippen molar-refractivity contribution in [2.45, 2.75) is 26.3 Å². The number of hydrogen-bond acceptors (Lipinski definition) is 5. The van der Waals surface area contributed by atoms with E-state index in [2.05, 4.69) is 44.1 Å². The summed E-state index contributed by atoms with van der Waals surface area (Å²) in [6, 6.07) is 10.5. The maximum Gasteiger partial charge on any atom is 0.241 e. The molecule has 3 aromatic rings. The van der Waals surface area contributed by atoms with E-state index in [1.165, 1.54) is 11.1 Å². The second-order valence-electron chi connectivity index (χ2n) is 8.75. The van der Waals surface area contributed by atoms with Crippen LogP contribution in [0.25, 0.3) is 11.0 Å². The van der Waals surface area contributed by atoms with E-state index in [1.54, 1.807) is 0 Å². The molecule has 0 atom stereocenters. The summed E-state index contributed by atoms with van der Waals surface area (Å²) in [5.41, 5.74) is 5.57. The second-order valence-corrected chi connectivity index (χ2v) is 8.75. The van der Waals surface area contributed by atoms with Gasteiger partial charge in [-0.05, 0) is 43.0 Å². The van der Waals surface area contributed by atoms with Crippen LogP contribution in [0.3, 0.4) is 0 Å². The minimum Gasteiger partial charge on any atom is -0.311 e. The molecule has 7 heteroatoms. The van der Waals surface area contributed by atoms with E-state index < -0.39 is 0 Å². The van der Waals surface area contributed by atoms with Crippen LogP contribution in [0.4, 0.5) is 5.69 Å². The number of pyridine rings is 1. The van der Waals surface area contributed by atoms with Gasteiger partial charge in [0.1, 0.15) is 0 Å². The van der Waals surface area contributed by atoms with Crippen molar-refractivity contribution in [1.82, 2.24) is 24.6 Å². The van der Waals surface area contributed by atoms with E-state index in [0.29, 0.717) is 6.54 Å². The fourth-order valence-electron chi connectivity index (χ4n) is 4.87. The normalized spacial score (nSPS) is 17.8. The van der Waals surface area contributed by atoms with Crippen LogP contribution in [-0.2, 0) is 24.8 Å². The van der Waals surface area contributed by atoms with E-state index in [1.807, 2.05) is 35.8 Å². The molecule has 1 fully saturated rings. The second kappa shape index (κ2) is 8.40. The Balaban J connectivity index is 1.17. The van der Waals surface area contributed by atoms with Crippen LogP contribution < -0.4 is 4.90 Å². The molecular formula is C24H30N6O. The number of carbonyl (C=O) groups is 1. The molecule has 4 heterocycles. The van der Waals surface area contributed by atoms with Crippen LogP contribution >= 0.6 is 0 Å². The van der Waals surface area contributed by atoms with Crippen LogP contribution in [0.1, 0.15) is 23.2 Å². The van der Waals surface area contributed by atoms with Crippen molar-refractivity contribution in [3.8, 4) is 0 Å².